The topological polar surface area (TPSA) is 56.9 Å². The van der Waals surface area contributed by atoms with Gasteiger partial charge in [-0.15, -0.1) is 0 Å². The van der Waals surface area contributed by atoms with Gasteiger partial charge in [-0.1, -0.05) is 36.0 Å². The lowest BCUT2D eigenvalue weighted by Gasteiger charge is -2.13. The van der Waals surface area contributed by atoms with E-state index in [9.17, 15) is 9.59 Å². The van der Waals surface area contributed by atoms with E-state index in [1.165, 1.54) is 11.8 Å². The van der Waals surface area contributed by atoms with Crippen LogP contribution in [0.1, 0.15) is 27.3 Å². The van der Waals surface area contributed by atoms with Gasteiger partial charge in [-0.2, -0.15) is 0 Å². The predicted molar refractivity (Wildman–Crippen MR) is 122 cm³/mol. The normalized spacial score (nSPS) is 11.2. The third kappa shape index (κ3) is 3.59. The van der Waals surface area contributed by atoms with Crippen molar-refractivity contribution in [3.05, 3.63) is 87.5 Å². The summed E-state index contributed by atoms with van der Waals surface area (Å²) in [6.45, 7) is 5.92. The van der Waals surface area contributed by atoms with Crippen LogP contribution in [0.25, 0.3) is 16.6 Å². The van der Waals surface area contributed by atoms with Gasteiger partial charge in [-0.25, -0.2) is 4.98 Å². The number of aryl methyl sites for hydroxylation is 2. The Bertz CT molecular complexity index is 1330. The number of hydrogen-bond donors (Lipinski definition) is 0. The first kappa shape index (κ1) is 20.2. The molecule has 4 aromatic rings. The molecule has 0 spiro atoms. The molecule has 2 aromatic heterocycles. The maximum atomic E-state index is 13.3. The number of fused-ring (bicyclic) bond motifs is 1. The molecule has 0 radical (unpaired) electrons. The van der Waals surface area contributed by atoms with Crippen LogP contribution in [0.5, 0.6) is 0 Å². The van der Waals surface area contributed by atoms with Crippen LogP contribution in [0.3, 0.4) is 0 Å². The van der Waals surface area contributed by atoms with Crippen molar-refractivity contribution in [3.63, 3.8) is 0 Å². The minimum Gasteiger partial charge on any atom is -0.351 e. The van der Waals surface area contributed by atoms with E-state index in [1.807, 2.05) is 80.9 Å². The molecule has 30 heavy (non-hydrogen) atoms. The van der Waals surface area contributed by atoms with Crippen LogP contribution in [0.2, 0.25) is 0 Å². The minimum atomic E-state index is -0.132. The molecule has 152 valence electrons. The fourth-order valence-corrected chi connectivity index (χ4v) is 4.45. The van der Waals surface area contributed by atoms with Gasteiger partial charge in [0.05, 0.1) is 22.3 Å². The van der Waals surface area contributed by atoms with E-state index in [1.54, 1.807) is 10.6 Å². The molecule has 4 rings (SSSR count). The number of nitrogens with zero attached hydrogens (tertiary/aromatic N) is 3. The highest BCUT2D eigenvalue weighted by Gasteiger charge is 2.18. The van der Waals surface area contributed by atoms with Gasteiger partial charge >= 0.3 is 0 Å². The number of Topliss-reactive ketones (excluding diaryl/α,β-unsaturated/α-hetero) is 1. The lowest BCUT2D eigenvalue weighted by molar-refractivity contribution is 0.102. The maximum absolute atomic E-state index is 13.3. The standard InChI is InChI=1S/C24H23N3O2S/c1-15-8-7-9-18(12-15)27-23(29)19-10-5-6-11-21(19)25-24(27)30-14-22(28)20-13-16(2)26(4)17(20)3/h5-13H,14H2,1-4H3. The van der Waals surface area contributed by atoms with Crippen molar-refractivity contribution >= 4 is 28.4 Å². The second-order valence-electron chi connectivity index (χ2n) is 7.45. The molecule has 0 atom stereocenters. The highest BCUT2D eigenvalue weighted by molar-refractivity contribution is 7.99. The second-order valence-corrected chi connectivity index (χ2v) is 8.39. The van der Waals surface area contributed by atoms with Gasteiger partial charge in [0, 0.05) is 24.0 Å². The number of ketones is 1. The zero-order chi connectivity index (χ0) is 21.4. The highest BCUT2D eigenvalue weighted by atomic mass is 32.2. The zero-order valence-corrected chi connectivity index (χ0v) is 18.3. The second kappa shape index (κ2) is 7.95. The smallest absolute Gasteiger partial charge is 0.266 e. The fraction of sp³-hybridized carbons (Fsp3) is 0.208. The molecule has 0 saturated carbocycles. The minimum absolute atomic E-state index is 0.0272. The monoisotopic (exact) mass is 417 g/mol. The molecule has 2 heterocycles. The van der Waals surface area contributed by atoms with Gasteiger partial charge in [0.2, 0.25) is 0 Å². The van der Waals surface area contributed by atoms with E-state index in [4.69, 9.17) is 4.98 Å². The number of benzene rings is 2. The van der Waals surface area contributed by atoms with Crippen molar-refractivity contribution in [3.8, 4) is 5.69 Å². The third-order valence-electron chi connectivity index (χ3n) is 5.41. The Labute approximate surface area is 179 Å². The van der Waals surface area contributed by atoms with Crippen molar-refractivity contribution in [2.75, 3.05) is 5.75 Å². The predicted octanol–water partition coefficient (Wildman–Crippen LogP) is 4.62. The fourth-order valence-electron chi connectivity index (χ4n) is 3.55. The van der Waals surface area contributed by atoms with E-state index in [-0.39, 0.29) is 17.1 Å². The van der Waals surface area contributed by atoms with Gasteiger partial charge in [0.15, 0.2) is 10.9 Å². The van der Waals surface area contributed by atoms with E-state index >= 15 is 0 Å². The summed E-state index contributed by atoms with van der Waals surface area (Å²) in [6, 6.07) is 17.0. The number of aromatic nitrogens is 3. The summed E-state index contributed by atoms with van der Waals surface area (Å²) >= 11 is 1.30. The number of carbonyl (C=O) groups is 1. The molecule has 0 unspecified atom stereocenters. The number of carbonyl (C=O) groups excluding carboxylic acids is 1. The van der Waals surface area contributed by atoms with E-state index < -0.39 is 0 Å². The van der Waals surface area contributed by atoms with Gasteiger partial charge in [0.25, 0.3) is 5.56 Å². The molecule has 0 saturated heterocycles. The summed E-state index contributed by atoms with van der Waals surface area (Å²) < 4.78 is 3.62. The summed E-state index contributed by atoms with van der Waals surface area (Å²) in [6.07, 6.45) is 0. The summed E-state index contributed by atoms with van der Waals surface area (Å²) in [7, 11) is 1.95. The Morgan fingerprint density at radius 3 is 2.50 bits per heavy atom. The Kier molecular flexibility index (Phi) is 5.35. The molecule has 2 aromatic carbocycles. The van der Waals surface area contributed by atoms with Gasteiger partial charge < -0.3 is 4.57 Å². The summed E-state index contributed by atoms with van der Waals surface area (Å²) in [5.74, 6) is 0.236. The number of rotatable bonds is 5. The van der Waals surface area contributed by atoms with Gasteiger partial charge in [0.1, 0.15) is 0 Å². The Hall–Kier alpha value is -3.12. The van der Waals surface area contributed by atoms with Crippen LogP contribution in [-0.2, 0) is 7.05 Å². The zero-order valence-electron chi connectivity index (χ0n) is 17.5. The first-order chi connectivity index (χ1) is 14.4. The maximum Gasteiger partial charge on any atom is 0.266 e. The molecule has 5 nitrogen and oxygen atoms in total. The van der Waals surface area contributed by atoms with E-state index in [2.05, 4.69) is 0 Å². The molecule has 0 fully saturated rings. The molecule has 0 aliphatic carbocycles. The van der Waals surface area contributed by atoms with Crippen molar-refractivity contribution in [2.24, 2.45) is 7.05 Å². The van der Waals surface area contributed by atoms with Crippen molar-refractivity contribution in [1.82, 2.24) is 14.1 Å². The van der Waals surface area contributed by atoms with Crippen LogP contribution >= 0.6 is 11.8 Å². The highest BCUT2D eigenvalue weighted by Crippen LogP contribution is 2.24. The summed E-state index contributed by atoms with van der Waals surface area (Å²) in [4.78, 5) is 30.9. The molecule has 6 heteroatoms. The number of thioether (sulfide) groups is 1. The lowest BCUT2D eigenvalue weighted by Crippen LogP contribution is -2.22. The number of para-hydroxylation sites is 1. The molecule has 0 aliphatic heterocycles. The molecular formula is C24H23N3O2S. The Morgan fingerprint density at radius 2 is 1.80 bits per heavy atom. The van der Waals surface area contributed by atoms with Crippen LogP contribution < -0.4 is 5.56 Å². The van der Waals surface area contributed by atoms with Gasteiger partial charge in [-0.3, -0.25) is 14.2 Å². The largest absolute Gasteiger partial charge is 0.351 e. The molecule has 0 aliphatic rings. The van der Waals surface area contributed by atoms with Crippen LogP contribution in [0.15, 0.2) is 64.5 Å². The lowest BCUT2D eigenvalue weighted by atomic mass is 10.2. The molecular weight excluding hydrogens is 394 g/mol. The van der Waals surface area contributed by atoms with Crippen LogP contribution in [-0.4, -0.2) is 25.7 Å². The first-order valence-electron chi connectivity index (χ1n) is 9.74. The van der Waals surface area contributed by atoms with E-state index in [0.717, 1.165) is 22.6 Å². The molecule has 0 amide bonds. The van der Waals surface area contributed by atoms with Crippen molar-refractivity contribution in [2.45, 2.75) is 25.9 Å². The summed E-state index contributed by atoms with van der Waals surface area (Å²) in [5.41, 5.74) is 5.01. The third-order valence-corrected chi connectivity index (χ3v) is 6.35. The Morgan fingerprint density at radius 1 is 1.03 bits per heavy atom. The molecule has 0 N–H and O–H groups in total. The SMILES string of the molecule is Cc1cccc(-n2c(SCC(=O)c3cc(C)n(C)c3C)nc3ccccc3c2=O)c1. The Balaban J connectivity index is 1.77. The quantitative estimate of drug-likeness (QED) is 0.270. The average Bonchev–Trinajstić information content (AvgIpc) is 2.99. The van der Waals surface area contributed by atoms with Crippen molar-refractivity contribution in [1.29, 1.82) is 0 Å². The number of hydrogen-bond acceptors (Lipinski definition) is 4. The first-order valence-corrected chi connectivity index (χ1v) is 10.7. The summed E-state index contributed by atoms with van der Waals surface area (Å²) in [5, 5.41) is 1.08. The average molecular weight is 418 g/mol. The van der Waals surface area contributed by atoms with Crippen LogP contribution in [0, 0.1) is 20.8 Å². The van der Waals surface area contributed by atoms with E-state index in [0.29, 0.717) is 21.6 Å². The van der Waals surface area contributed by atoms with Gasteiger partial charge in [-0.05, 0) is 56.7 Å². The molecule has 0 bridgehead atoms. The van der Waals surface area contributed by atoms with Crippen LogP contribution in [0.4, 0.5) is 0 Å². The van der Waals surface area contributed by atoms with Crippen molar-refractivity contribution < 1.29 is 4.79 Å².